The van der Waals surface area contributed by atoms with Crippen molar-refractivity contribution in [1.82, 2.24) is 9.97 Å². The van der Waals surface area contributed by atoms with E-state index in [9.17, 15) is 4.79 Å². The zero-order chi connectivity index (χ0) is 19.4. The van der Waals surface area contributed by atoms with Gasteiger partial charge in [0.2, 0.25) is 0 Å². The van der Waals surface area contributed by atoms with Crippen molar-refractivity contribution < 1.29 is 0 Å². The molecule has 0 amide bonds. The summed E-state index contributed by atoms with van der Waals surface area (Å²) in [6.45, 7) is 12.0. The minimum atomic E-state index is -0.634. The van der Waals surface area contributed by atoms with Gasteiger partial charge in [0.15, 0.2) is 5.16 Å². The van der Waals surface area contributed by atoms with Crippen molar-refractivity contribution in [3.05, 3.63) is 66.9 Å². The van der Waals surface area contributed by atoms with E-state index in [1.54, 1.807) is 0 Å². The van der Waals surface area contributed by atoms with E-state index in [4.69, 9.17) is 10.5 Å². The first-order valence-electron chi connectivity index (χ1n) is 8.66. The quantitative estimate of drug-likeness (QED) is 0.242. The van der Waals surface area contributed by atoms with Crippen molar-refractivity contribution in [3.8, 4) is 0 Å². The van der Waals surface area contributed by atoms with Gasteiger partial charge in [0.05, 0.1) is 5.69 Å². The second kappa shape index (κ2) is 8.43. The number of hydrogen-bond acceptors (Lipinski definition) is 4. The van der Waals surface area contributed by atoms with E-state index >= 15 is 0 Å². The maximum atomic E-state index is 12.7. The number of nitrogens with zero attached hydrogens (tertiary/aromatic N) is 4. The number of aromatic amines is 1. The normalized spacial score (nSPS) is 12.3. The van der Waals surface area contributed by atoms with Crippen molar-refractivity contribution in [3.63, 3.8) is 0 Å². The summed E-state index contributed by atoms with van der Waals surface area (Å²) >= 11 is 1.48. The molecule has 1 aromatic carbocycles. The number of benzene rings is 1. The molecular weight excluding hydrogens is 346 g/mol. The van der Waals surface area contributed by atoms with E-state index in [1.165, 1.54) is 11.8 Å². The third-order valence-corrected chi connectivity index (χ3v) is 4.76. The average molecular weight is 372 g/mol. The summed E-state index contributed by atoms with van der Waals surface area (Å²) in [5.74, 6) is -0.0401. The minimum Gasteiger partial charge on any atom is -0.301 e. The first-order chi connectivity index (χ1) is 12.2. The fourth-order valence-electron chi connectivity index (χ4n) is 3.02. The maximum absolute atomic E-state index is 12.7. The Labute approximate surface area is 158 Å². The molecule has 0 fully saturated rings. The van der Waals surface area contributed by atoms with Crippen LogP contribution in [0, 0.1) is 13.8 Å². The highest BCUT2D eigenvalue weighted by Gasteiger charge is 2.24. The summed E-state index contributed by atoms with van der Waals surface area (Å²) < 4.78 is 0. The van der Waals surface area contributed by atoms with Crippen molar-refractivity contribution in [1.29, 1.82) is 0 Å². The Morgan fingerprint density at radius 2 is 1.77 bits per heavy atom. The molecule has 7 heteroatoms. The SMILES string of the molecule is Cc1cc(C)cc(C(N=[N+]=[N-])c2nc(SC(C)C)[nH]c(=O)c2C(C)C)c1. The summed E-state index contributed by atoms with van der Waals surface area (Å²) in [6.07, 6.45) is 0. The van der Waals surface area contributed by atoms with Gasteiger partial charge >= 0.3 is 0 Å². The minimum absolute atomic E-state index is 0.0401. The van der Waals surface area contributed by atoms with Crippen LogP contribution in [0.4, 0.5) is 0 Å². The molecular formula is C19H25N5OS. The lowest BCUT2D eigenvalue weighted by Crippen LogP contribution is -2.22. The molecule has 0 aliphatic heterocycles. The van der Waals surface area contributed by atoms with Crippen molar-refractivity contribution in [2.45, 2.75) is 63.9 Å². The molecule has 0 bridgehead atoms. The van der Waals surface area contributed by atoms with Crippen LogP contribution in [-0.2, 0) is 0 Å². The fourth-order valence-corrected chi connectivity index (χ4v) is 3.77. The highest BCUT2D eigenvalue weighted by atomic mass is 32.2. The van der Waals surface area contributed by atoms with Gasteiger partial charge in [-0.1, -0.05) is 73.9 Å². The Hall–Kier alpha value is -2.24. The molecule has 1 aromatic heterocycles. The van der Waals surface area contributed by atoms with E-state index in [2.05, 4.69) is 21.1 Å². The number of aryl methyl sites for hydroxylation is 2. The van der Waals surface area contributed by atoms with Gasteiger partial charge in [-0.25, -0.2) is 4.98 Å². The van der Waals surface area contributed by atoms with Crippen molar-refractivity contribution in [2.75, 3.05) is 0 Å². The van der Waals surface area contributed by atoms with E-state index in [0.717, 1.165) is 16.7 Å². The molecule has 0 spiro atoms. The Balaban J connectivity index is 2.75. The van der Waals surface area contributed by atoms with E-state index in [1.807, 2.05) is 53.7 Å². The van der Waals surface area contributed by atoms with Gasteiger partial charge < -0.3 is 4.98 Å². The molecule has 26 heavy (non-hydrogen) atoms. The predicted octanol–water partition coefficient (Wildman–Crippen LogP) is 5.41. The number of nitrogens with one attached hydrogen (secondary N) is 1. The smallest absolute Gasteiger partial charge is 0.255 e. The summed E-state index contributed by atoms with van der Waals surface area (Å²) in [6, 6.07) is 5.39. The largest absolute Gasteiger partial charge is 0.301 e. The molecule has 6 nitrogen and oxygen atoms in total. The second-order valence-corrected chi connectivity index (χ2v) is 8.59. The van der Waals surface area contributed by atoms with Crippen LogP contribution >= 0.6 is 11.8 Å². The standard InChI is InChI=1S/C19H25N5OS/c1-10(2)15-17(21-19(22-18(15)25)26-11(3)4)16(23-24-20)14-8-12(5)7-13(6)9-14/h7-11,16H,1-6H3,(H,21,22,25). The Morgan fingerprint density at radius 3 is 2.27 bits per heavy atom. The van der Waals surface area contributed by atoms with Gasteiger partial charge in [-0.15, -0.1) is 0 Å². The number of rotatable bonds is 6. The molecule has 0 aliphatic carbocycles. The molecule has 0 radical (unpaired) electrons. The van der Waals surface area contributed by atoms with E-state index in [-0.39, 0.29) is 16.7 Å². The highest BCUT2D eigenvalue weighted by Crippen LogP contribution is 2.32. The van der Waals surface area contributed by atoms with Crippen molar-refractivity contribution in [2.24, 2.45) is 5.11 Å². The number of aromatic nitrogens is 2. The van der Waals surface area contributed by atoms with E-state index in [0.29, 0.717) is 16.4 Å². The van der Waals surface area contributed by atoms with E-state index < -0.39 is 6.04 Å². The van der Waals surface area contributed by atoms with Crippen LogP contribution in [0.2, 0.25) is 0 Å². The molecule has 0 saturated carbocycles. The second-order valence-electron chi connectivity index (χ2n) is 7.02. The summed E-state index contributed by atoms with van der Waals surface area (Å²) in [5.41, 5.74) is 13.1. The first kappa shape index (κ1) is 20.1. The van der Waals surface area contributed by atoms with Crippen LogP contribution in [0.25, 0.3) is 10.4 Å². The lowest BCUT2D eigenvalue weighted by Gasteiger charge is -2.19. The molecule has 0 aliphatic rings. The van der Waals surface area contributed by atoms with Crippen LogP contribution in [0.5, 0.6) is 0 Å². The monoisotopic (exact) mass is 371 g/mol. The number of azide groups is 1. The summed E-state index contributed by atoms with van der Waals surface area (Å²) in [5, 5.41) is 4.83. The number of thioether (sulfide) groups is 1. The van der Waals surface area contributed by atoms with Gasteiger partial charge in [0, 0.05) is 15.7 Å². The topological polar surface area (TPSA) is 94.5 Å². The zero-order valence-corrected chi connectivity index (χ0v) is 16.9. The van der Waals surface area contributed by atoms with Gasteiger partial charge in [-0.05, 0) is 30.9 Å². The van der Waals surface area contributed by atoms with Gasteiger partial charge in [-0.3, -0.25) is 4.79 Å². The summed E-state index contributed by atoms with van der Waals surface area (Å²) in [7, 11) is 0. The molecule has 0 saturated heterocycles. The molecule has 1 unspecified atom stereocenters. The van der Waals surface area contributed by atoms with Crippen LogP contribution in [0.1, 0.15) is 67.6 Å². The molecule has 2 aromatic rings. The molecule has 1 heterocycles. The predicted molar refractivity (Wildman–Crippen MR) is 107 cm³/mol. The molecule has 138 valence electrons. The van der Waals surface area contributed by atoms with Crippen LogP contribution in [-0.4, -0.2) is 15.2 Å². The molecule has 2 rings (SSSR count). The molecule has 1 atom stereocenters. The highest BCUT2D eigenvalue weighted by molar-refractivity contribution is 7.99. The van der Waals surface area contributed by atoms with Crippen LogP contribution in [0.3, 0.4) is 0 Å². The average Bonchev–Trinajstić information content (AvgIpc) is 2.49. The lowest BCUT2D eigenvalue weighted by molar-refractivity contribution is 0.706. The lowest BCUT2D eigenvalue weighted by atomic mass is 9.93. The fraction of sp³-hybridized carbons (Fsp3) is 0.474. The van der Waals surface area contributed by atoms with Gasteiger partial charge in [0.25, 0.3) is 5.56 Å². The van der Waals surface area contributed by atoms with Gasteiger partial charge in [-0.2, -0.15) is 0 Å². The van der Waals surface area contributed by atoms with Crippen LogP contribution < -0.4 is 5.56 Å². The van der Waals surface area contributed by atoms with Gasteiger partial charge in [0.1, 0.15) is 6.04 Å². The Kier molecular flexibility index (Phi) is 6.51. The van der Waals surface area contributed by atoms with Crippen LogP contribution in [0.15, 0.2) is 33.3 Å². The zero-order valence-electron chi connectivity index (χ0n) is 16.1. The Bertz CT molecular complexity index is 877. The maximum Gasteiger partial charge on any atom is 0.255 e. The third-order valence-electron chi connectivity index (χ3n) is 3.87. The number of H-pyrrole nitrogens is 1. The molecule has 1 N–H and O–H groups in total. The third kappa shape index (κ3) is 4.68. The van der Waals surface area contributed by atoms with Crippen molar-refractivity contribution >= 4 is 11.8 Å². The Morgan fingerprint density at radius 1 is 1.15 bits per heavy atom. The number of hydrogen-bond donors (Lipinski definition) is 1. The first-order valence-corrected chi connectivity index (χ1v) is 9.54. The summed E-state index contributed by atoms with van der Waals surface area (Å²) in [4.78, 5) is 23.3.